The summed E-state index contributed by atoms with van der Waals surface area (Å²) in [7, 11) is 1.60. The van der Waals surface area contributed by atoms with E-state index < -0.39 is 18.0 Å². The maximum absolute atomic E-state index is 14.3. The van der Waals surface area contributed by atoms with Gasteiger partial charge in [0.15, 0.2) is 0 Å². The van der Waals surface area contributed by atoms with Crippen LogP contribution in [0.2, 0.25) is 0 Å². The average molecular weight is 442 g/mol. The third kappa shape index (κ3) is 7.25. The second-order valence-corrected chi connectivity index (χ2v) is 6.79. The van der Waals surface area contributed by atoms with Gasteiger partial charge in [0.05, 0.1) is 12.7 Å². The molecule has 168 valence electrons. The molecule has 0 aromatic heterocycles. The smallest absolute Gasteiger partial charge is 0.490 e. The van der Waals surface area contributed by atoms with E-state index in [-0.39, 0.29) is 11.5 Å². The number of ether oxygens (including phenoxy) is 1. The summed E-state index contributed by atoms with van der Waals surface area (Å²) in [4.78, 5) is 21.1. The number of nitrogens with one attached hydrogen (secondary N) is 2. The molecule has 1 fully saturated rings. The maximum atomic E-state index is 14.3. The van der Waals surface area contributed by atoms with Gasteiger partial charge in [0.1, 0.15) is 11.6 Å². The highest BCUT2D eigenvalue weighted by atomic mass is 19.4. The van der Waals surface area contributed by atoms with Crippen LogP contribution in [0.15, 0.2) is 42.5 Å². The van der Waals surface area contributed by atoms with Crippen LogP contribution in [0, 0.1) is 11.7 Å². The van der Waals surface area contributed by atoms with Crippen LogP contribution < -0.4 is 15.4 Å². The van der Waals surface area contributed by atoms with E-state index in [4.69, 9.17) is 14.6 Å². The molecule has 0 saturated carbocycles. The zero-order chi connectivity index (χ0) is 23.0. The summed E-state index contributed by atoms with van der Waals surface area (Å²) in [6, 6.07) is 12.1. The Bertz CT molecular complexity index is 895. The minimum atomic E-state index is -5.08. The van der Waals surface area contributed by atoms with E-state index in [2.05, 4.69) is 10.6 Å². The van der Waals surface area contributed by atoms with E-state index in [1.165, 1.54) is 12.1 Å². The number of aliphatic carboxylic acids is 1. The first kappa shape index (κ1) is 24.1. The van der Waals surface area contributed by atoms with Crippen molar-refractivity contribution < 1.29 is 37.0 Å². The predicted molar refractivity (Wildman–Crippen MR) is 105 cm³/mol. The Morgan fingerprint density at radius 1 is 1.16 bits per heavy atom. The standard InChI is InChI=1S/C19H21FN2O2.C2HF3O2/c1-24-16-5-2-14(3-6-16)15-4-7-17(18(20)10-15)19(23)22-12-13-8-9-21-11-13;3-2(4,5)1(6)7/h2-7,10,13,21H,8-9,11-12H2,1H3,(H,22,23);(H,6,7)/t13-;/m0./s1. The molecule has 2 aromatic rings. The molecular weight excluding hydrogens is 420 g/mol. The first-order chi connectivity index (χ1) is 14.6. The molecule has 0 unspecified atom stereocenters. The van der Waals surface area contributed by atoms with Crippen LogP contribution in [0.25, 0.3) is 11.1 Å². The van der Waals surface area contributed by atoms with Crippen LogP contribution in [0.1, 0.15) is 16.8 Å². The number of alkyl halides is 3. The molecule has 3 rings (SSSR count). The van der Waals surface area contributed by atoms with Gasteiger partial charge in [0.2, 0.25) is 0 Å². The number of halogens is 4. The summed E-state index contributed by atoms with van der Waals surface area (Å²) >= 11 is 0. The Morgan fingerprint density at radius 2 is 1.77 bits per heavy atom. The lowest BCUT2D eigenvalue weighted by Crippen LogP contribution is -2.30. The number of methoxy groups -OCH3 is 1. The van der Waals surface area contributed by atoms with Gasteiger partial charge in [-0.2, -0.15) is 13.2 Å². The number of carbonyl (C=O) groups excluding carboxylic acids is 1. The lowest BCUT2D eigenvalue weighted by Gasteiger charge is -2.11. The molecule has 1 saturated heterocycles. The van der Waals surface area contributed by atoms with Crippen molar-refractivity contribution in [2.75, 3.05) is 26.7 Å². The van der Waals surface area contributed by atoms with Crippen molar-refractivity contribution in [2.24, 2.45) is 5.92 Å². The van der Waals surface area contributed by atoms with Gasteiger partial charge in [-0.3, -0.25) is 4.79 Å². The SMILES string of the molecule is COc1ccc(-c2ccc(C(=O)NC[C@H]3CCNC3)c(F)c2)cc1.O=C(O)C(F)(F)F. The molecular formula is C21H22F4N2O4. The quantitative estimate of drug-likeness (QED) is 0.618. The minimum Gasteiger partial charge on any atom is -0.497 e. The second-order valence-electron chi connectivity index (χ2n) is 6.79. The monoisotopic (exact) mass is 442 g/mol. The largest absolute Gasteiger partial charge is 0.497 e. The maximum Gasteiger partial charge on any atom is 0.490 e. The van der Waals surface area contributed by atoms with Crippen molar-refractivity contribution in [3.05, 3.63) is 53.8 Å². The molecule has 0 radical (unpaired) electrons. The molecule has 3 N–H and O–H groups in total. The molecule has 0 bridgehead atoms. The average Bonchev–Trinajstić information content (AvgIpc) is 3.25. The Kier molecular flexibility index (Phi) is 8.38. The number of hydrogen-bond donors (Lipinski definition) is 3. The zero-order valence-corrected chi connectivity index (χ0v) is 16.6. The number of carboxylic acid groups (broad SMARTS) is 1. The summed E-state index contributed by atoms with van der Waals surface area (Å²) in [5, 5.41) is 13.2. The highest BCUT2D eigenvalue weighted by Crippen LogP contribution is 2.24. The summed E-state index contributed by atoms with van der Waals surface area (Å²) in [6.45, 7) is 2.45. The van der Waals surface area contributed by atoms with E-state index in [0.717, 1.165) is 36.4 Å². The zero-order valence-electron chi connectivity index (χ0n) is 16.6. The fourth-order valence-electron chi connectivity index (χ4n) is 2.88. The fraction of sp³-hybridized carbons (Fsp3) is 0.333. The molecule has 2 aromatic carbocycles. The van der Waals surface area contributed by atoms with Crippen molar-refractivity contribution in [3.63, 3.8) is 0 Å². The number of rotatable bonds is 5. The van der Waals surface area contributed by atoms with Crippen LogP contribution in [0.3, 0.4) is 0 Å². The number of benzene rings is 2. The summed E-state index contributed by atoms with van der Waals surface area (Å²) in [5.41, 5.74) is 1.68. The third-order valence-corrected chi connectivity index (χ3v) is 4.59. The highest BCUT2D eigenvalue weighted by Gasteiger charge is 2.38. The number of carbonyl (C=O) groups is 2. The Balaban J connectivity index is 0.000000423. The molecule has 6 nitrogen and oxygen atoms in total. The Morgan fingerprint density at radius 3 is 2.26 bits per heavy atom. The minimum absolute atomic E-state index is 0.0817. The topological polar surface area (TPSA) is 87.7 Å². The fourth-order valence-corrected chi connectivity index (χ4v) is 2.88. The number of hydrogen-bond acceptors (Lipinski definition) is 4. The lowest BCUT2D eigenvalue weighted by molar-refractivity contribution is -0.192. The Labute approximate surface area is 176 Å². The van der Waals surface area contributed by atoms with Gasteiger partial charge >= 0.3 is 12.1 Å². The van der Waals surface area contributed by atoms with Crippen LogP contribution in [0.4, 0.5) is 17.6 Å². The van der Waals surface area contributed by atoms with Gasteiger partial charge in [-0.05, 0) is 60.8 Å². The molecule has 10 heteroatoms. The molecule has 1 amide bonds. The second kappa shape index (κ2) is 10.8. The van der Waals surface area contributed by atoms with Crippen LogP contribution in [-0.4, -0.2) is 49.9 Å². The first-order valence-corrected chi connectivity index (χ1v) is 9.34. The van der Waals surface area contributed by atoms with Crippen molar-refractivity contribution in [1.29, 1.82) is 0 Å². The molecule has 1 atom stereocenters. The van der Waals surface area contributed by atoms with Crippen molar-refractivity contribution in [2.45, 2.75) is 12.6 Å². The van der Waals surface area contributed by atoms with Gasteiger partial charge in [-0.25, -0.2) is 9.18 Å². The van der Waals surface area contributed by atoms with Gasteiger partial charge < -0.3 is 20.5 Å². The van der Waals surface area contributed by atoms with Gasteiger partial charge in [0.25, 0.3) is 5.91 Å². The molecule has 1 aliphatic rings. The van der Waals surface area contributed by atoms with Crippen LogP contribution in [-0.2, 0) is 4.79 Å². The lowest BCUT2D eigenvalue weighted by atomic mass is 10.0. The predicted octanol–water partition coefficient (Wildman–Crippen LogP) is 3.47. The number of amides is 1. The summed E-state index contributed by atoms with van der Waals surface area (Å²) in [6.07, 6.45) is -4.04. The van der Waals surface area contributed by atoms with Crippen LogP contribution in [0.5, 0.6) is 5.75 Å². The molecule has 31 heavy (non-hydrogen) atoms. The molecule has 0 spiro atoms. The van der Waals surface area contributed by atoms with E-state index in [1.54, 1.807) is 13.2 Å². The van der Waals surface area contributed by atoms with Gasteiger partial charge in [0, 0.05) is 6.54 Å². The Hall–Kier alpha value is -3.14. The first-order valence-electron chi connectivity index (χ1n) is 9.34. The normalized spacial score (nSPS) is 15.6. The molecule has 1 aliphatic heterocycles. The van der Waals surface area contributed by atoms with Gasteiger partial charge in [-0.15, -0.1) is 0 Å². The molecule has 1 heterocycles. The van der Waals surface area contributed by atoms with Crippen molar-refractivity contribution in [1.82, 2.24) is 10.6 Å². The summed E-state index contributed by atoms with van der Waals surface area (Å²) in [5.74, 6) is -2.45. The highest BCUT2D eigenvalue weighted by molar-refractivity contribution is 5.95. The van der Waals surface area contributed by atoms with E-state index in [9.17, 15) is 22.4 Å². The van der Waals surface area contributed by atoms with E-state index >= 15 is 0 Å². The van der Waals surface area contributed by atoms with Gasteiger partial charge in [-0.1, -0.05) is 18.2 Å². The third-order valence-electron chi connectivity index (χ3n) is 4.59. The molecule has 0 aliphatic carbocycles. The number of carboxylic acids is 1. The van der Waals surface area contributed by atoms with E-state index in [0.29, 0.717) is 12.5 Å². The van der Waals surface area contributed by atoms with E-state index in [1.807, 2.05) is 24.3 Å². The summed E-state index contributed by atoms with van der Waals surface area (Å²) < 4.78 is 51.2. The van der Waals surface area contributed by atoms with Crippen molar-refractivity contribution >= 4 is 11.9 Å². The van der Waals surface area contributed by atoms with Crippen LogP contribution >= 0.6 is 0 Å². The van der Waals surface area contributed by atoms with Crippen molar-refractivity contribution in [3.8, 4) is 16.9 Å².